The van der Waals surface area contributed by atoms with Crippen molar-refractivity contribution in [2.75, 3.05) is 40.0 Å². The quantitative estimate of drug-likeness (QED) is 0.785. The van der Waals surface area contributed by atoms with Gasteiger partial charge in [0.2, 0.25) is 0 Å². The summed E-state index contributed by atoms with van der Waals surface area (Å²) in [5, 5.41) is 0.0210. The molecule has 0 N–H and O–H groups in total. The maximum Gasteiger partial charge on any atom is 0.121 e. The molecule has 0 aromatic heterocycles. The van der Waals surface area contributed by atoms with Gasteiger partial charge in [-0.3, -0.25) is 4.90 Å². The molecule has 0 saturated carbocycles. The Labute approximate surface area is 114 Å². The first-order valence-electron chi connectivity index (χ1n) is 6.29. The van der Waals surface area contributed by atoms with Gasteiger partial charge in [-0.05, 0) is 24.1 Å². The number of alkyl halides is 1. The number of morpholine rings is 1. The molecule has 18 heavy (non-hydrogen) atoms. The molecule has 0 bridgehead atoms. The molecule has 1 aliphatic heterocycles. The fourth-order valence-corrected chi connectivity index (χ4v) is 2.54. The molecule has 0 radical (unpaired) electrons. The van der Waals surface area contributed by atoms with Crippen molar-refractivity contribution in [2.45, 2.75) is 12.3 Å². The average molecular weight is 270 g/mol. The minimum Gasteiger partial charge on any atom is -0.496 e. The molecular formula is C14H20ClNO2. The van der Waals surface area contributed by atoms with E-state index in [1.54, 1.807) is 7.11 Å². The number of ether oxygens (including phenoxy) is 2. The van der Waals surface area contributed by atoms with E-state index in [1.807, 2.05) is 19.1 Å². The van der Waals surface area contributed by atoms with Crippen molar-refractivity contribution >= 4 is 11.6 Å². The summed E-state index contributed by atoms with van der Waals surface area (Å²) in [6, 6.07) is 6.14. The van der Waals surface area contributed by atoms with Crippen molar-refractivity contribution in [3.63, 3.8) is 0 Å². The molecule has 100 valence electrons. The highest BCUT2D eigenvalue weighted by atomic mass is 35.5. The molecule has 1 heterocycles. The van der Waals surface area contributed by atoms with Crippen LogP contribution in [-0.2, 0) is 4.74 Å². The van der Waals surface area contributed by atoms with Crippen molar-refractivity contribution in [3.8, 4) is 5.75 Å². The van der Waals surface area contributed by atoms with Crippen LogP contribution in [0.5, 0.6) is 5.75 Å². The third kappa shape index (κ3) is 3.37. The molecule has 1 saturated heterocycles. The monoisotopic (exact) mass is 269 g/mol. The highest BCUT2D eigenvalue weighted by Crippen LogP contribution is 2.27. The van der Waals surface area contributed by atoms with Gasteiger partial charge in [-0.15, -0.1) is 11.6 Å². The number of aryl methyl sites for hydroxylation is 1. The molecular weight excluding hydrogens is 250 g/mol. The van der Waals surface area contributed by atoms with E-state index >= 15 is 0 Å². The standard InChI is InChI=1S/C14H20ClNO2/c1-11-9-12(3-4-14(11)17-2)13(15)10-16-5-7-18-8-6-16/h3-4,9,13H,5-8,10H2,1-2H3. The number of halogens is 1. The molecule has 1 aromatic rings. The van der Waals surface area contributed by atoms with Crippen LogP contribution in [0.4, 0.5) is 0 Å². The largest absolute Gasteiger partial charge is 0.496 e. The first kappa shape index (κ1) is 13.7. The van der Waals surface area contributed by atoms with Gasteiger partial charge in [0.15, 0.2) is 0 Å². The van der Waals surface area contributed by atoms with Gasteiger partial charge in [-0.1, -0.05) is 12.1 Å². The van der Waals surface area contributed by atoms with Gasteiger partial charge in [0.1, 0.15) is 5.75 Å². The Bertz CT molecular complexity index is 391. The number of methoxy groups -OCH3 is 1. The van der Waals surface area contributed by atoms with E-state index in [0.29, 0.717) is 0 Å². The van der Waals surface area contributed by atoms with Gasteiger partial charge in [-0.25, -0.2) is 0 Å². The summed E-state index contributed by atoms with van der Waals surface area (Å²) in [5.74, 6) is 0.911. The average Bonchev–Trinajstić information content (AvgIpc) is 2.39. The van der Waals surface area contributed by atoms with Crippen LogP contribution >= 0.6 is 11.6 Å². The summed E-state index contributed by atoms with van der Waals surface area (Å²) in [7, 11) is 1.69. The minimum absolute atomic E-state index is 0.0210. The summed E-state index contributed by atoms with van der Waals surface area (Å²) in [6.07, 6.45) is 0. The number of rotatable bonds is 4. The topological polar surface area (TPSA) is 21.7 Å². The lowest BCUT2D eigenvalue weighted by Gasteiger charge is -2.28. The van der Waals surface area contributed by atoms with E-state index in [-0.39, 0.29) is 5.38 Å². The maximum absolute atomic E-state index is 6.48. The number of nitrogens with zero attached hydrogens (tertiary/aromatic N) is 1. The van der Waals surface area contributed by atoms with E-state index in [0.717, 1.165) is 49.7 Å². The molecule has 3 nitrogen and oxygen atoms in total. The lowest BCUT2D eigenvalue weighted by molar-refractivity contribution is 0.0378. The van der Waals surface area contributed by atoms with Crippen LogP contribution < -0.4 is 4.74 Å². The van der Waals surface area contributed by atoms with Gasteiger partial charge in [0.05, 0.1) is 25.7 Å². The fourth-order valence-electron chi connectivity index (χ4n) is 2.21. The zero-order chi connectivity index (χ0) is 13.0. The second-order valence-electron chi connectivity index (χ2n) is 4.61. The highest BCUT2D eigenvalue weighted by molar-refractivity contribution is 6.21. The maximum atomic E-state index is 6.48. The molecule has 1 unspecified atom stereocenters. The van der Waals surface area contributed by atoms with Crippen LogP contribution in [0.1, 0.15) is 16.5 Å². The Balaban J connectivity index is 1.99. The van der Waals surface area contributed by atoms with E-state index in [9.17, 15) is 0 Å². The Morgan fingerprint density at radius 2 is 2.11 bits per heavy atom. The zero-order valence-electron chi connectivity index (χ0n) is 11.0. The van der Waals surface area contributed by atoms with E-state index in [4.69, 9.17) is 21.1 Å². The van der Waals surface area contributed by atoms with Crippen LogP contribution in [0.2, 0.25) is 0 Å². The third-order valence-corrected chi connectivity index (χ3v) is 3.69. The Hall–Kier alpha value is -0.770. The molecule has 1 fully saturated rings. The van der Waals surface area contributed by atoms with Crippen LogP contribution in [0.15, 0.2) is 18.2 Å². The molecule has 0 aliphatic carbocycles. The predicted octanol–water partition coefficient (Wildman–Crippen LogP) is 2.62. The predicted molar refractivity (Wildman–Crippen MR) is 73.6 cm³/mol. The lowest BCUT2D eigenvalue weighted by atomic mass is 10.1. The smallest absolute Gasteiger partial charge is 0.121 e. The normalized spacial score (nSPS) is 18.6. The first-order valence-corrected chi connectivity index (χ1v) is 6.73. The SMILES string of the molecule is COc1ccc(C(Cl)CN2CCOCC2)cc1C. The van der Waals surface area contributed by atoms with Gasteiger partial charge >= 0.3 is 0 Å². The summed E-state index contributed by atoms with van der Waals surface area (Å²) >= 11 is 6.48. The van der Waals surface area contributed by atoms with Crippen molar-refractivity contribution < 1.29 is 9.47 Å². The Morgan fingerprint density at radius 3 is 2.72 bits per heavy atom. The van der Waals surface area contributed by atoms with Gasteiger partial charge in [0.25, 0.3) is 0 Å². The fraction of sp³-hybridized carbons (Fsp3) is 0.571. The van der Waals surface area contributed by atoms with Gasteiger partial charge in [-0.2, -0.15) is 0 Å². The molecule has 1 aromatic carbocycles. The summed E-state index contributed by atoms with van der Waals surface area (Å²) < 4.78 is 10.6. The van der Waals surface area contributed by atoms with Crippen LogP contribution in [0, 0.1) is 6.92 Å². The third-order valence-electron chi connectivity index (χ3n) is 3.30. The summed E-state index contributed by atoms with van der Waals surface area (Å²) in [4.78, 5) is 2.35. The molecule has 0 spiro atoms. The highest BCUT2D eigenvalue weighted by Gasteiger charge is 2.16. The Morgan fingerprint density at radius 1 is 1.39 bits per heavy atom. The van der Waals surface area contributed by atoms with Crippen molar-refractivity contribution in [1.29, 1.82) is 0 Å². The van der Waals surface area contributed by atoms with Gasteiger partial charge in [0, 0.05) is 19.6 Å². The second-order valence-corrected chi connectivity index (χ2v) is 5.14. The lowest BCUT2D eigenvalue weighted by Crippen LogP contribution is -2.38. The zero-order valence-corrected chi connectivity index (χ0v) is 11.7. The molecule has 1 atom stereocenters. The number of benzene rings is 1. The van der Waals surface area contributed by atoms with E-state index < -0.39 is 0 Å². The molecule has 4 heteroatoms. The minimum atomic E-state index is 0.0210. The number of hydrogen-bond acceptors (Lipinski definition) is 3. The Kier molecular flexibility index (Phi) is 4.87. The van der Waals surface area contributed by atoms with E-state index in [1.165, 1.54) is 0 Å². The van der Waals surface area contributed by atoms with E-state index in [2.05, 4.69) is 11.0 Å². The van der Waals surface area contributed by atoms with Crippen LogP contribution in [0.3, 0.4) is 0 Å². The molecule has 0 amide bonds. The van der Waals surface area contributed by atoms with Crippen LogP contribution in [0.25, 0.3) is 0 Å². The van der Waals surface area contributed by atoms with Crippen molar-refractivity contribution in [3.05, 3.63) is 29.3 Å². The summed E-state index contributed by atoms with van der Waals surface area (Å²) in [5.41, 5.74) is 2.28. The molecule has 2 rings (SSSR count). The van der Waals surface area contributed by atoms with Crippen LogP contribution in [-0.4, -0.2) is 44.9 Å². The van der Waals surface area contributed by atoms with Crippen molar-refractivity contribution in [2.24, 2.45) is 0 Å². The molecule has 1 aliphatic rings. The number of hydrogen-bond donors (Lipinski definition) is 0. The summed E-state index contributed by atoms with van der Waals surface area (Å²) in [6.45, 7) is 6.48. The van der Waals surface area contributed by atoms with Crippen molar-refractivity contribution in [1.82, 2.24) is 4.90 Å². The van der Waals surface area contributed by atoms with Gasteiger partial charge < -0.3 is 9.47 Å². The first-order chi connectivity index (χ1) is 8.70. The second kappa shape index (κ2) is 6.41.